The van der Waals surface area contributed by atoms with Crippen molar-refractivity contribution in [2.75, 3.05) is 18.1 Å². The number of rotatable bonds is 8. The Labute approximate surface area is 164 Å². The number of aryl methyl sites for hydroxylation is 1. The van der Waals surface area contributed by atoms with E-state index in [0.717, 1.165) is 12.8 Å². The Kier molecular flexibility index (Phi) is 6.55. The molecule has 0 aromatic heterocycles. The molecule has 0 radical (unpaired) electrons. The Morgan fingerprint density at radius 2 is 1.82 bits per heavy atom. The van der Waals surface area contributed by atoms with Gasteiger partial charge in [-0.25, -0.2) is 9.69 Å². The Hall–Kier alpha value is -2.99. The van der Waals surface area contributed by atoms with Gasteiger partial charge in [0.15, 0.2) is 0 Å². The normalized spacial score (nSPS) is 16.5. The molecular weight excluding hydrogens is 356 g/mol. The molecule has 2 amide bonds. The Morgan fingerprint density at radius 1 is 1.11 bits per heavy atom. The minimum atomic E-state index is -0.506. The number of nitrogens with zero attached hydrogens (tertiary/aromatic N) is 1. The number of hydrogen-bond acceptors (Lipinski definition) is 5. The SMILES string of the molecule is CCOC(=O)c1ccc(N2C(=O)C[C@H](NCCCc3ccccc3)C2=O)cc1. The lowest BCUT2D eigenvalue weighted by molar-refractivity contribution is -0.121. The summed E-state index contributed by atoms with van der Waals surface area (Å²) >= 11 is 0. The zero-order valence-corrected chi connectivity index (χ0v) is 15.9. The van der Waals surface area contributed by atoms with Gasteiger partial charge in [-0.2, -0.15) is 0 Å². The van der Waals surface area contributed by atoms with E-state index >= 15 is 0 Å². The number of anilines is 1. The quantitative estimate of drug-likeness (QED) is 0.433. The summed E-state index contributed by atoms with van der Waals surface area (Å²) in [5, 5.41) is 3.19. The van der Waals surface area contributed by atoms with Crippen LogP contribution in [0.2, 0.25) is 0 Å². The molecule has 0 spiro atoms. The van der Waals surface area contributed by atoms with Crippen molar-refractivity contribution >= 4 is 23.5 Å². The number of amides is 2. The van der Waals surface area contributed by atoms with Gasteiger partial charge in [0.25, 0.3) is 5.91 Å². The lowest BCUT2D eigenvalue weighted by Crippen LogP contribution is -2.39. The van der Waals surface area contributed by atoms with Gasteiger partial charge in [0.2, 0.25) is 5.91 Å². The summed E-state index contributed by atoms with van der Waals surface area (Å²) in [4.78, 5) is 37.9. The van der Waals surface area contributed by atoms with Crippen molar-refractivity contribution in [3.8, 4) is 0 Å². The van der Waals surface area contributed by atoms with Crippen molar-refractivity contribution in [1.82, 2.24) is 5.32 Å². The summed E-state index contributed by atoms with van der Waals surface area (Å²) < 4.78 is 4.94. The topological polar surface area (TPSA) is 75.7 Å². The van der Waals surface area contributed by atoms with E-state index in [0.29, 0.717) is 24.4 Å². The van der Waals surface area contributed by atoms with E-state index in [9.17, 15) is 14.4 Å². The number of nitrogens with one attached hydrogen (secondary N) is 1. The first-order valence-corrected chi connectivity index (χ1v) is 9.51. The molecule has 2 aromatic carbocycles. The second-order valence-electron chi connectivity index (χ2n) is 6.63. The molecule has 1 N–H and O–H groups in total. The van der Waals surface area contributed by atoms with Gasteiger partial charge >= 0.3 is 5.97 Å². The summed E-state index contributed by atoms with van der Waals surface area (Å²) in [6.45, 7) is 2.69. The van der Waals surface area contributed by atoms with Crippen LogP contribution in [0, 0.1) is 0 Å². The third-order valence-electron chi connectivity index (χ3n) is 4.66. The molecular formula is C22H24N2O4. The molecule has 1 atom stereocenters. The highest BCUT2D eigenvalue weighted by atomic mass is 16.5. The van der Waals surface area contributed by atoms with Gasteiger partial charge in [0.1, 0.15) is 0 Å². The molecule has 1 heterocycles. The molecule has 146 valence electrons. The van der Waals surface area contributed by atoms with Crippen molar-refractivity contribution < 1.29 is 19.1 Å². The molecule has 3 rings (SSSR count). The second kappa shape index (κ2) is 9.28. The van der Waals surface area contributed by atoms with E-state index in [4.69, 9.17) is 4.74 Å². The number of benzene rings is 2. The highest BCUT2D eigenvalue weighted by molar-refractivity contribution is 6.22. The second-order valence-corrected chi connectivity index (χ2v) is 6.63. The lowest BCUT2D eigenvalue weighted by Gasteiger charge is -2.16. The minimum absolute atomic E-state index is 0.143. The van der Waals surface area contributed by atoms with Crippen LogP contribution in [0.15, 0.2) is 54.6 Å². The van der Waals surface area contributed by atoms with Crippen LogP contribution in [-0.4, -0.2) is 37.0 Å². The molecule has 28 heavy (non-hydrogen) atoms. The van der Waals surface area contributed by atoms with E-state index in [1.807, 2.05) is 18.2 Å². The Balaban J connectivity index is 1.55. The van der Waals surface area contributed by atoms with Crippen LogP contribution < -0.4 is 10.2 Å². The zero-order chi connectivity index (χ0) is 19.9. The number of ether oxygens (including phenoxy) is 1. The fourth-order valence-electron chi connectivity index (χ4n) is 3.24. The summed E-state index contributed by atoms with van der Waals surface area (Å²) in [5.41, 5.74) is 2.11. The fraction of sp³-hybridized carbons (Fsp3) is 0.318. The maximum Gasteiger partial charge on any atom is 0.338 e. The first-order valence-electron chi connectivity index (χ1n) is 9.51. The van der Waals surface area contributed by atoms with Crippen LogP contribution >= 0.6 is 0 Å². The van der Waals surface area contributed by atoms with Crippen molar-refractivity contribution in [2.45, 2.75) is 32.2 Å². The largest absolute Gasteiger partial charge is 0.462 e. The number of imide groups is 1. The van der Waals surface area contributed by atoms with Gasteiger partial charge in [-0.1, -0.05) is 30.3 Å². The van der Waals surface area contributed by atoms with Crippen molar-refractivity contribution in [2.24, 2.45) is 0 Å². The van der Waals surface area contributed by atoms with E-state index in [2.05, 4.69) is 17.4 Å². The average molecular weight is 380 g/mol. The van der Waals surface area contributed by atoms with E-state index in [1.165, 1.54) is 10.5 Å². The van der Waals surface area contributed by atoms with Crippen LogP contribution in [0.3, 0.4) is 0 Å². The van der Waals surface area contributed by atoms with Crippen molar-refractivity contribution in [3.63, 3.8) is 0 Å². The van der Waals surface area contributed by atoms with Gasteiger partial charge in [-0.15, -0.1) is 0 Å². The van der Waals surface area contributed by atoms with Crippen LogP contribution in [0.25, 0.3) is 0 Å². The first-order chi connectivity index (χ1) is 13.6. The molecule has 1 fully saturated rings. The third-order valence-corrected chi connectivity index (χ3v) is 4.66. The molecule has 1 aliphatic heterocycles. The predicted molar refractivity (Wildman–Crippen MR) is 106 cm³/mol. The van der Waals surface area contributed by atoms with Gasteiger partial charge in [-0.3, -0.25) is 9.59 Å². The molecule has 6 heteroatoms. The zero-order valence-electron chi connectivity index (χ0n) is 15.9. The molecule has 0 unspecified atom stereocenters. The molecule has 1 saturated heterocycles. The Bertz CT molecular complexity index is 833. The molecule has 1 aliphatic rings. The number of carbonyl (C=O) groups is 3. The van der Waals surface area contributed by atoms with Crippen molar-refractivity contribution in [1.29, 1.82) is 0 Å². The number of esters is 1. The minimum Gasteiger partial charge on any atom is -0.462 e. The van der Waals surface area contributed by atoms with E-state index in [-0.39, 0.29) is 18.2 Å². The van der Waals surface area contributed by atoms with Gasteiger partial charge in [0.05, 0.1) is 30.3 Å². The van der Waals surface area contributed by atoms with Crippen LogP contribution in [-0.2, 0) is 20.7 Å². The number of carbonyl (C=O) groups excluding carboxylic acids is 3. The monoisotopic (exact) mass is 380 g/mol. The van der Waals surface area contributed by atoms with Crippen LogP contribution in [0.1, 0.15) is 35.7 Å². The predicted octanol–water partition coefficient (Wildman–Crippen LogP) is 2.72. The summed E-state index contributed by atoms with van der Waals surface area (Å²) in [5.74, 6) is -0.922. The third kappa shape index (κ3) is 4.64. The molecule has 0 saturated carbocycles. The fourth-order valence-corrected chi connectivity index (χ4v) is 3.24. The first kappa shape index (κ1) is 19.8. The molecule has 0 aliphatic carbocycles. The maximum absolute atomic E-state index is 12.7. The standard InChI is InChI=1S/C22H24N2O4/c1-2-28-22(27)17-10-12-18(13-11-17)24-20(25)15-19(21(24)26)23-14-6-9-16-7-4-3-5-8-16/h3-5,7-8,10-13,19,23H,2,6,9,14-15H2,1H3/t19-/m0/s1. The smallest absolute Gasteiger partial charge is 0.338 e. The maximum atomic E-state index is 12.7. The summed E-state index contributed by atoms with van der Waals surface area (Å²) in [6, 6.07) is 16.0. The van der Waals surface area contributed by atoms with Gasteiger partial charge in [-0.05, 0) is 56.1 Å². The summed E-state index contributed by atoms with van der Waals surface area (Å²) in [7, 11) is 0. The Morgan fingerprint density at radius 3 is 2.50 bits per heavy atom. The lowest BCUT2D eigenvalue weighted by atomic mass is 10.1. The van der Waals surface area contributed by atoms with E-state index < -0.39 is 12.0 Å². The van der Waals surface area contributed by atoms with Crippen LogP contribution in [0.4, 0.5) is 5.69 Å². The highest BCUT2D eigenvalue weighted by Crippen LogP contribution is 2.23. The van der Waals surface area contributed by atoms with Crippen molar-refractivity contribution in [3.05, 3.63) is 65.7 Å². The van der Waals surface area contributed by atoms with Gasteiger partial charge < -0.3 is 10.1 Å². The van der Waals surface area contributed by atoms with Crippen LogP contribution in [0.5, 0.6) is 0 Å². The molecule has 2 aromatic rings. The van der Waals surface area contributed by atoms with Gasteiger partial charge in [0, 0.05) is 0 Å². The number of hydrogen-bond donors (Lipinski definition) is 1. The summed E-state index contributed by atoms with van der Waals surface area (Å²) in [6.07, 6.45) is 1.95. The molecule has 0 bridgehead atoms. The van der Waals surface area contributed by atoms with E-state index in [1.54, 1.807) is 31.2 Å². The highest BCUT2D eigenvalue weighted by Gasteiger charge is 2.39. The molecule has 6 nitrogen and oxygen atoms in total. The average Bonchev–Trinajstić information content (AvgIpc) is 2.99.